The van der Waals surface area contributed by atoms with Gasteiger partial charge in [0.25, 0.3) is 11.9 Å². The number of carbonyl (C=O) groups is 2. The second-order valence-corrected chi connectivity index (χ2v) is 4.11. The Hall–Kier alpha value is -0.620. The summed E-state index contributed by atoms with van der Waals surface area (Å²) >= 11 is 0. The van der Waals surface area contributed by atoms with E-state index >= 15 is 0 Å². The number of rotatable bonds is 0. The Balaban J connectivity index is 0. The summed E-state index contributed by atoms with van der Waals surface area (Å²) in [6.07, 6.45) is 2.16. The van der Waals surface area contributed by atoms with Gasteiger partial charge in [0.2, 0.25) is 0 Å². The van der Waals surface area contributed by atoms with Crippen LogP contribution in [-0.4, -0.2) is 27.9 Å². The van der Waals surface area contributed by atoms with Gasteiger partial charge >= 0.3 is 0 Å². The second kappa shape index (κ2) is 11.4. The second-order valence-electron chi connectivity index (χ2n) is 1.79. The fourth-order valence-corrected chi connectivity index (χ4v) is 1.77. The van der Waals surface area contributed by atoms with Gasteiger partial charge in [-0.05, 0) is 5.41 Å². The molecule has 1 rings (SSSR count). The Morgan fingerprint density at radius 3 is 1.69 bits per heavy atom. The van der Waals surface area contributed by atoms with Crippen LogP contribution in [0.2, 0.25) is 0 Å². The smallest absolute Gasteiger partial charge is 0.300 e. The van der Waals surface area contributed by atoms with E-state index in [2.05, 4.69) is 11.5 Å². The Labute approximate surface area is 84.8 Å². The lowest BCUT2D eigenvalue weighted by Gasteiger charge is -1.69. The van der Waals surface area contributed by atoms with Gasteiger partial charge in [-0.3, -0.25) is 9.59 Å². The Bertz CT molecular complexity index is 153. The lowest BCUT2D eigenvalue weighted by atomic mass is 10.8. The van der Waals surface area contributed by atoms with Gasteiger partial charge in [0, 0.05) is 19.6 Å². The van der Waals surface area contributed by atoms with Crippen molar-refractivity contribution in [3.8, 4) is 0 Å². The molecule has 0 atom stereocenters. The van der Waals surface area contributed by atoms with E-state index in [9.17, 15) is 0 Å². The summed E-state index contributed by atoms with van der Waals surface area (Å²) in [6.45, 7) is 2.17. The van der Waals surface area contributed by atoms with Gasteiger partial charge in [-0.2, -0.15) is 0 Å². The molecule has 0 fully saturated rings. The third-order valence-electron chi connectivity index (χ3n) is 0.384. The lowest BCUT2D eigenvalue weighted by molar-refractivity contribution is -0.135. The molecule has 1 heterocycles. The summed E-state index contributed by atoms with van der Waals surface area (Å²) in [5.74, 6) is -0.468. The van der Waals surface area contributed by atoms with Gasteiger partial charge in [-0.25, -0.2) is 0 Å². The molecule has 0 aliphatic carbocycles. The number of hydrogen-bond acceptors (Lipinski definition) is 4. The van der Waals surface area contributed by atoms with Crippen molar-refractivity contribution in [3.05, 3.63) is 11.5 Å². The van der Waals surface area contributed by atoms with Crippen LogP contribution in [0.25, 0.3) is 0 Å². The molecule has 0 spiro atoms. The molecule has 1 aliphatic heterocycles. The average molecular weight is 224 g/mol. The number of carboxylic acids is 2. The molecule has 0 aromatic heterocycles. The monoisotopic (exact) mass is 224 g/mol. The summed E-state index contributed by atoms with van der Waals surface area (Å²) in [4.78, 5) is 18.0. The Morgan fingerprint density at radius 1 is 1.23 bits per heavy atom. The molecule has 6 heteroatoms. The van der Waals surface area contributed by atoms with Crippen LogP contribution < -0.4 is 0 Å². The third kappa shape index (κ3) is 52.2. The van der Waals surface area contributed by atoms with Crippen molar-refractivity contribution in [1.82, 2.24) is 0 Å². The molecule has 76 valence electrons. The van der Waals surface area contributed by atoms with Crippen molar-refractivity contribution in [2.24, 2.45) is 0 Å². The molecule has 13 heavy (non-hydrogen) atoms. The van der Waals surface area contributed by atoms with Gasteiger partial charge < -0.3 is 10.2 Å². The zero-order chi connectivity index (χ0) is 10.7. The van der Waals surface area contributed by atoms with Crippen molar-refractivity contribution in [2.45, 2.75) is 13.8 Å². The predicted molar refractivity (Wildman–Crippen MR) is 55.8 cm³/mol. The van der Waals surface area contributed by atoms with Crippen molar-refractivity contribution < 1.29 is 19.8 Å². The van der Waals surface area contributed by atoms with Gasteiger partial charge in [-0.1, -0.05) is 27.7 Å². The molecule has 0 saturated heterocycles. The zero-order valence-electron chi connectivity index (χ0n) is 7.39. The van der Waals surface area contributed by atoms with E-state index in [1.807, 2.05) is 21.6 Å². The summed E-state index contributed by atoms with van der Waals surface area (Å²) in [5.41, 5.74) is 0. The topological polar surface area (TPSA) is 74.6 Å². The highest BCUT2D eigenvalue weighted by molar-refractivity contribution is 8.78. The molecule has 1 aliphatic rings. The van der Waals surface area contributed by atoms with Crippen LogP contribution in [0.15, 0.2) is 11.5 Å². The van der Waals surface area contributed by atoms with E-state index < -0.39 is 11.9 Å². The van der Waals surface area contributed by atoms with Gasteiger partial charge in [0.15, 0.2) is 0 Å². The summed E-state index contributed by atoms with van der Waals surface area (Å²) in [5, 5.41) is 16.9. The molecule has 0 amide bonds. The first-order valence-electron chi connectivity index (χ1n) is 3.29. The molecular weight excluding hydrogens is 212 g/mol. The van der Waals surface area contributed by atoms with Crippen LogP contribution >= 0.6 is 21.6 Å². The van der Waals surface area contributed by atoms with Crippen LogP contribution in [-0.2, 0) is 9.59 Å². The van der Waals surface area contributed by atoms with Crippen molar-refractivity contribution in [3.63, 3.8) is 0 Å². The molecule has 0 unspecified atom stereocenters. The molecule has 2 N–H and O–H groups in total. The van der Waals surface area contributed by atoms with E-state index in [-0.39, 0.29) is 0 Å². The molecule has 0 aromatic rings. The highest BCUT2D eigenvalue weighted by atomic mass is 33.1. The molecule has 0 bridgehead atoms. The molecule has 0 radical (unpaired) electrons. The summed E-state index contributed by atoms with van der Waals surface area (Å²) < 4.78 is 0. The minimum atomic E-state index is -0.833. The molecule has 0 aromatic carbocycles. The molecule has 4 nitrogen and oxygen atoms in total. The summed E-state index contributed by atoms with van der Waals surface area (Å²) in [7, 11) is 3.69. The van der Waals surface area contributed by atoms with Gasteiger partial charge in [0.1, 0.15) is 0 Å². The minimum absolute atomic E-state index is 0.833. The van der Waals surface area contributed by atoms with Crippen molar-refractivity contribution in [2.75, 3.05) is 5.75 Å². The highest BCUT2D eigenvalue weighted by Crippen LogP contribution is 2.27. The fraction of sp³-hybridized carbons (Fsp3) is 0.429. The quantitative estimate of drug-likeness (QED) is 0.614. The van der Waals surface area contributed by atoms with E-state index in [0.717, 1.165) is 13.8 Å². The van der Waals surface area contributed by atoms with E-state index in [1.54, 1.807) is 0 Å². The number of hydrogen-bond donors (Lipinski definition) is 2. The van der Waals surface area contributed by atoms with Crippen LogP contribution in [0.3, 0.4) is 0 Å². The van der Waals surface area contributed by atoms with E-state index in [0.29, 0.717) is 0 Å². The first-order chi connectivity index (χ1) is 5.96. The van der Waals surface area contributed by atoms with Crippen LogP contribution in [0.4, 0.5) is 0 Å². The van der Waals surface area contributed by atoms with Gasteiger partial charge in [0.05, 0.1) is 0 Å². The van der Waals surface area contributed by atoms with E-state index in [4.69, 9.17) is 19.8 Å². The maximum atomic E-state index is 9.00. The van der Waals surface area contributed by atoms with Crippen LogP contribution in [0.5, 0.6) is 0 Å². The maximum Gasteiger partial charge on any atom is 0.300 e. The Kier molecular flexibility index (Phi) is 13.0. The zero-order valence-corrected chi connectivity index (χ0v) is 9.02. The largest absolute Gasteiger partial charge is 0.481 e. The number of carboxylic acid groups (broad SMARTS) is 2. The number of aliphatic carboxylic acids is 2. The molecule has 0 saturated carbocycles. The van der Waals surface area contributed by atoms with Crippen LogP contribution in [0, 0.1) is 0 Å². The Morgan fingerprint density at radius 2 is 1.62 bits per heavy atom. The SMILES string of the molecule is C1=CSSC1.CC(=O)O.CC(=O)O. The van der Waals surface area contributed by atoms with Crippen LogP contribution in [0.1, 0.15) is 13.8 Å². The third-order valence-corrected chi connectivity index (χ3v) is 2.30. The first-order valence-corrected chi connectivity index (χ1v) is 5.67. The highest BCUT2D eigenvalue weighted by Gasteiger charge is 1.85. The lowest BCUT2D eigenvalue weighted by Crippen LogP contribution is -1.78. The molecular formula is C7H12O4S2. The van der Waals surface area contributed by atoms with E-state index in [1.165, 1.54) is 5.75 Å². The summed E-state index contributed by atoms with van der Waals surface area (Å²) in [6, 6.07) is 0. The van der Waals surface area contributed by atoms with Crippen molar-refractivity contribution in [1.29, 1.82) is 0 Å². The average Bonchev–Trinajstić information content (AvgIpc) is 2.35. The normalized spacial score (nSPS) is 11.8. The first kappa shape index (κ1) is 14.9. The minimum Gasteiger partial charge on any atom is -0.481 e. The fourth-order valence-electron chi connectivity index (χ4n) is 0.196. The maximum absolute atomic E-state index is 9.00. The van der Waals surface area contributed by atoms with Gasteiger partial charge in [-0.15, -0.1) is 0 Å². The van der Waals surface area contributed by atoms with Crippen molar-refractivity contribution >= 4 is 33.5 Å². The predicted octanol–water partition coefficient (Wildman–Crippen LogP) is 2.08. The standard InChI is InChI=1S/C3H4S2.2C2H4O2/c1-2-4-5-3-1;2*1-2(3)4/h1-2H,3H2;2*1H3,(H,3,4).